The van der Waals surface area contributed by atoms with Crippen LogP contribution >= 0.6 is 0 Å². The van der Waals surface area contributed by atoms with Crippen LogP contribution in [0.1, 0.15) is 27.9 Å². The van der Waals surface area contributed by atoms with Crippen molar-refractivity contribution in [1.29, 1.82) is 0 Å². The number of carbonyl (C=O) groups excluding carboxylic acids is 1. The molecule has 124 valence electrons. The molecule has 0 bridgehead atoms. The lowest BCUT2D eigenvalue weighted by atomic mass is 9.95. The topological polar surface area (TPSA) is 69.6 Å². The fraction of sp³-hybridized carbons (Fsp3) is 0.333. The summed E-state index contributed by atoms with van der Waals surface area (Å²) in [5.74, 6) is -0.807. The van der Waals surface area contributed by atoms with Crippen LogP contribution in [0.15, 0.2) is 24.3 Å². The van der Waals surface area contributed by atoms with Crippen molar-refractivity contribution >= 4 is 17.6 Å². The van der Waals surface area contributed by atoms with Gasteiger partial charge in [0.15, 0.2) is 0 Å². The quantitative estimate of drug-likeness (QED) is 0.877. The van der Waals surface area contributed by atoms with Gasteiger partial charge in [0.05, 0.1) is 11.1 Å². The number of nitrogens with one attached hydrogen (secondary N) is 1. The summed E-state index contributed by atoms with van der Waals surface area (Å²) in [7, 11) is 1.26. The number of hydrogen-bond donors (Lipinski definition) is 2. The van der Waals surface area contributed by atoms with E-state index in [1.54, 1.807) is 6.08 Å². The molecule has 0 saturated heterocycles. The van der Waals surface area contributed by atoms with E-state index in [0.29, 0.717) is 17.6 Å². The predicted molar refractivity (Wildman–Crippen MR) is 77.0 cm³/mol. The molecule has 0 radical (unpaired) electrons. The maximum absolute atomic E-state index is 13.2. The zero-order valence-electron chi connectivity index (χ0n) is 12.3. The van der Waals surface area contributed by atoms with Crippen LogP contribution in [0.3, 0.4) is 0 Å². The zero-order valence-corrected chi connectivity index (χ0v) is 12.3. The second-order valence-electron chi connectivity index (χ2n) is 5.05. The predicted octanol–water partition coefficient (Wildman–Crippen LogP) is 2.83. The maximum Gasteiger partial charge on any atom is 0.417 e. The van der Waals surface area contributed by atoms with Crippen LogP contribution in [-0.2, 0) is 6.18 Å². The fourth-order valence-corrected chi connectivity index (χ4v) is 2.42. The largest absolute Gasteiger partial charge is 0.465 e. The van der Waals surface area contributed by atoms with Crippen molar-refractivity contribution in [2.75, 3.05) is 20.1 Å². The van der Waals surface area contributed by atoms with Gasteiger partial charge < -0.3 is 15.3 Å². The summed E-state index contributed by atoms with van der Waals surface area (Å²) in [6.45, 7) is 0.350. The van der Waals surface area contributed by atoms with E-state index in [1.807, 2.05) is 0 Å². The molecular weight excluding hydrogens is 313 g/mol. The molecule has 0 fully saturated rings. The Balaban J connectivity index is 2.39. The Labute approximate surface area is 130 Å². The van der Waals surface area contributed by atoms with E-state index in [-0.39, 0.29) is 13.1 Å². The highest BCUT2D eigenvalue weighted by molar-refractivity contribution is 5.96. The summed E-state index contributed by atoms with van der Waals surface area (Å²) in [5.41, 5.74) is -0.463. The van der Waals surface area contributed by atoms with Crippen molar-refractivity contribution in [3.63, 3.8) is 0 Å². The first kappa shape index (κ1) is 16.9. The second kappa shape index (κ2) is 6.31. The van der Waals surface area contributed by atoms with E-state index in [9.17, 15) is 22.8 Å². The Morgan fingerprint density at radius 1 is 1.30 bits per heavy atom. The van der Waals surface area contributed by atoms with Crippen molar-refractivity contribution < 1.29 is 27.9 Å². The van der Waals surface area contributed by atoms with Gasteiger partial charge in [-0.15, -0.1) is 0 Å². The minimum atomic E-state index is -4.65. The van der Waals surface area contributed by atoms with E-state index in [0.717, 1.165) is 12.1 Å². The molecule has 1 aromatic rings. The molecule has 1 aliphatic heterocycles. The van der Waals surface area contributed by atoms with Gasteiger partial charge in [0.2, 0.25) is 0 Å². The molecule has 5 nitrogen and oxygen atoms in total. The third kappa shape index (κ3) is 3.64. The Kier molecular flexibility index (Phi) is 4.63. The standard InChI is InChI=1S/C15H15F3N2O3/c1-19-13(21)11-3-2-10(8-12(11)15(16,17)18)9-4-6-20(7-5-9)14(22)23/h2-4,8H,5-7H2,1H3,(H,19,21)(H,22,23). The second-order valence-corrected chi connectivity index (χ2v) is 5.05. The molecular formula is C15H15F3N2O3. The number of rotatable bonds is 2. The molecule has 0 unspecified atom stereocenters. The average molecular weight is 328 g/mol. The molecule has 2 N–H and O–H groups in total. The van der Waals surface area contributed by atoms with Gasteiger partial charge in [0.25, 0.3) is 5.91 Å². The third-order valence-corrected chi connectivity index (χ3v) is 3.65. The molecule has 23 heavy (non-hydrogen) atoms. The smallest absolute Gasteiger partial charge is 0.417 e. The first-order valence-electron chi connectivity index (χ1n) is 6.84. The lowest BCUT2D eigenvalue weighted by molar-refractivity contribution is -0.137. The number of halogens is 3. The Hall–Kier alpha value is -2.51. The first-order chi connectivity index (χ1) is 10.7. The molecule has 1 aromatic carbocycles. The Morgan fingerprint density at radius 2 is 2.00 bits per heavy atom. The summed E-state index contributed by atoms with van der Waals surface area (Å²) >= 11 is 0. The van der Waals surface area contributed by atoms with Crippen LogP contribution < -0.4 is 5.32 Å². The third-order valence-electron chi connectivity index (χ3n) is 3.65. The fourth-order valence-electron chi connectivity index (χ4n) is 2.42. The molecule has 1 aliphatic rings. The van der Waals surface area contributed by atoms with Crippen LogP contribution in [-0.4, -0.2) is 42.1 Å². The van der Waals surface area contributed by atoms with Crippen LogP contribution in [0.2, 0.25) is 0 Å². The Morgan fingerprint density at radius 3 is 2.48 bits per heavy atom. The van der Waals surface area contributed by atoms with Gasteiger partial charge in [-0.1, -0.05) is 12.1 Å². The van der Waals surface area contributed by atoms with Crippen molar-refractivity contribution in [2.45, 2.75) is 12.6 Å². The van der Waals surface area contributed by atoms with E-state index in [1.165, 1.54) is 18.0 Å². The van der Waals surface area contributed by atoms with Crippen LogP contribution in [0.5, 0.6) is 0 Å². The van der Waals surface area contributed by atoms with Gasteiger partial charge in [-0.3, -0.25) is 4.79 Å². The molecule has 0 spiro atoms. The molecule has 0 aliphatic carbocycles. The lowest BCUT2D eigenvalue weighted by Crippen LogP contribution is -2.33. The average Bonchev–Trinajstić information content (AvgIpc) is 2.52. The zero-order chi connectivity index (χ0) is 17.2. The summed E-state index contributed by atoms with van der Waals surface area (Å²) in [4.78, 5) is 23.6. The van der Waals surface area contributed by atoms with Crippen molar-refractivity contribution in [3.8, 4) is 0 Å². The number of alkyl halides is 3. The SMILES string of the molecule is CNC(=O)c1ccc(C2=CCN(C(=O)O)CC2)cc1C(F)(F)F. The summed E-state index contributed by atoms with van der Waals surface area (Å²) in [6.07, 6.45) is -3.80. The van der Waals surface area contributed by atoms with E-state index in [2.05, 4.69) is 5.32 Å². The molecule has 0 aromatic heterocycles. The van der Waals surface area contributed by atoms with E-state index < -0.39 is 29.3 Å². The minimum Gasteiger partial charge on any atom is -0.465 e. The van der Waals surface area contributed by atoms with Gasteiger partial charge in [-0.2, -0.15) is 13.2 Å². The van der Waals surface area contributed by atoms with Gasteiger partial charge in [0, 0.05) is 20.1 Å². The highest BCUT2D eigenvalue weighted by Gasteiger charge is 2.35. The monoisotopic (exact) mass is 328 g/mol. The van der Waals surface area contributed by atoms with Gasteiger partial charge in [-0.05, 0) is 29.7 Å². The highest BCUT2D eigenvalue weighted by Crippen LogP contribution is 2.35. The highest BCUT2D eigenvalue weighted by atomic mass is 19.4. The van der Waals surface area contributed by atoms with Gasteiger partial charge >= 0.3 is 12.3 Å². The molecule has 2 rings (SSSR count). The molecule has 0 atom stereocenters. The molecule has 2 amide bonds. The molecule has 0 saturated carbocycles. The van der Waals surface area contributed by atoms with Crippen LogP contribution in [0, 0.1) is 0 Å². The van der Waals surface area contributed by atoms with Crippen molar-refractivity contribution in [1.82, 2.24) is 10.2 Å². The number of hydrogen-bond acceptors (Lipinski definition) is 2. The van der Waals surface area contributed by atoms with Crippen LogP contribution in [0.4, 0.5) is 18.0 Å². The first-order valence-corrected chi connectivity index (χ1v) is 6.84. The normalized spacial score (nSPS) is 15.1. The molecule has 8 heteroatoms. The number of nitrogens with zero attached hydrogens (tertiary/aromatic N) is 1. The van der Waals surface area contributed by atoms with Gasteiger partial charge in [0.1, 0.15) is 0 Å². The number of benzene rings is 1. The van der Waals surface area contributed by atoms with Crippen molar-refractivity contribution in [3.05, 3.63) is 41.0 Å². The number of carbonyl (C=O) groups is 2. The Bertz CT molecular complexity index is 668. The van der Waals surface area contributed by atoms with E-state index >= 15 is 0 Å². The van der Waals surface area contributed by atoms with Gasteiger partial charge in [-0.25, -0.2) is 4.79 Å². The summed E-state index contributed by atoms with van der Waals surface area (Å²) in [5, 5.41) is 11.1. The lowest BCUT2D eigenvalue weighted by Gasteiger charge is -2.24. The minimum absolute atomic E-state index is 0.128. The van der Waals surface area contributed by atoms with E-state index in [4.69, 9.17) is 5.11 Å². The summed E-state index contributed by atoms with van der Waals surface area (Å²) < 4.78 is 39.5. The number of carboxylic acid groups (broad SMARTS) is 1. The van der Waals surface area contributed by atoms with Crippen LogP contribution in [0.25, 0.3) is 5.57 Å². The molecule has 1 heterocycles. The maximum atomic E-state index is 13.2. The summed E-state index contributed by atoms with van der Waals surface area (Å²) in [6, 6.07) is 3.52. The number of amides is 2. The van der Waals surface area contributed by atoms with Crippen molar-refractivity contribution in [2.24, 2.45) is 0 Å².